The Labute approximate surface area is 198 Å². The van der Waals surface area contributed by atoms with E-state index in [9.17, 15) is 17.6 Å². The average molecular weight is 483 g/mol. The number of aromatic nitrogens is 2. The minimum Gasteiger partial charge on any atom is -0.351 e. The summed E-state index contributed by atoms with van der Waals surface area (Å²) in [4.78, 5) is 6.11. The van der Waals surface area contributed by atoms with Crippen molar-refractivity contribution in [2.75, 3.05) is 4.90 Å². The summed E-state index contributed by atoms with van der Waals surface area (Å²) in [5.41, 5.74) is 1.15. The number of rotatable bonds is 4. The molecule has 0 unspecified atom stereocenters. The fraction of sp³-hybridized carbons (Fsp3) is 0.120. The highest BCUT2D eigenvalue weighted by atomic mass is 32.1. The summed E-state index contributed by atoms with van der Waals surface area (Å²) in [6.07, 6.45) is -1.15. The average Bonchev–Trinajstić information content (AvgIpc) is 3.44. The van der Waals surface area contributed by atoms with Crippen molar-refractivity contribution < 1.29 is 17.6 Å². The van der Waals surface area contributed by atoms with Gasteiger partial charge < -0.3 is 14.8 Å². The molecule has 1 aliphatic rings. The Hall–Kier alpha value is -3.72. The van der Waals surface area contributed by atoms with Crippen LogP contribution >= 0.6 is 12.2 Å². The van der Waals surface area contributed by atoms with Crippen molar-refractivity contribution in [3.05, 3.63) is 114 Å². The Balaban J connectivity index is 1.68. The molecule has 5 rings (SSSR count). The third kappa shape index (κ3) is 3.92. The van der Waals surface area contributed by atoms with Crippen molar-refractivity contribution in [1.82, 2.24) is 14.9 Å². The minimum absolute atomic E-state index is 0.264. The number of halogens is 4. The lowest BCUT2D eigenvalue weighted by atomic mass is 10.0. The molecule has 0 saturated carbocycles. The van der Waals surface area contributed by atoms with Crippen LogP contribution in [0.15, 0.2) is 91.3 Å². The van der Waals surface area contributed by atoms with E-state index in [0.717, 1.165) is 12.1 Å². The first-order chi connectivity index (χ1) is 16.3. The lowest BCUT2D eigenvalue weighted by Crippen LogP contribution is -2.31. The van der Waals surface area contributed by atoms with Gasteiger partial charge in [-0.1, -0.05) is 24.3 Å². The van der Waals surface area contributed by atoms with Crippen LogP contribution in [0.3, 0.4) is 0 Å². The zero-order valence-corrected chi connectivity index (χ0v) is 18.4. The molecule has 4 nitrogen and oxygen atoms in total. The summed E-state index contributed by atoms with van der Waals surface area (Å²) in [5.74, 6) is -0.463. The van der Waals surface area contributed by atoms with E-state index in [0.29, 0.717) is 22.2 Å². The molecule has 0 spiro atoms. The Bertz CT molecular complexity index is 1340. The molecule has 0 radical (unpaired) electrons. The Morgan fingerprint density at radius 2 is 1.71 bits per heavy atom. The Morgan fingerprint density at radius 1 is 0.912 bits per heavy atom. The molecule has 1 saturated heterocycles. The molecule has 2 atom stereocenters. The maximum Gasteiger partial charge on any atom is 0.416 e. The number of hydrogen-bond acceptors (Lipinski definition) is 2. The summed E-state index contributed by atoms with van der Waals surface area (Å²) in [6.45, 7) is 0. The SMILES string of the molecule is Fc1ccccc1N1C(=S)N[C@H](c2ccccn2)[C@@H]1c1cccn1-c1cccc(C(F)(F)F)c1. The normalized spacial score (nSPS) is 18.2. The molecular formula is C25H18F4N4S. The monoisotopic (exact) mass is 482 g/mol. The number of benzene rings is 2. The quantitative estimate of drug-likeness (QED) is 0.277. The van der Waals surface area contributed by atoms with Crippen LogP contribution in [0.2, 0.25) is 0 Å². The number of anilines is 1. The number of pyridine rings is 1. The van der Waals surface area contributed by atoms with E-state index in [4.69, 9.17) is 12.2 Å². The Morgan fingerprint density at radius 3 is 2.44 bits per heavy atom. The predicted molar refractivity (Wildman–Crippen MR) is 125 cm³/mol. The second-order valence-corrected chi connectivity index (χ2v) is 8.19. The molecule has 1 fully saturated rings. The van der Waals surface area contributed by atoms with Crippen LogP contribution in [0.1, 0.15) is 29.0 Å². The molecule has 172 valence electrons. The number of hydrogen-bond donors (Lipinski definition) is 1. The third-order valence-electron chi connectivity index (χ3n) is 5.75. The van der Waals surface area contributed by atoms with E-state index in [-0.39, 0.29) is 5.69 Å². The summed E-state index contributed by atoms with van der Waals surface area (Å²) in [7, 11) is 0. The lowest BCUT2D eigenvalue weighted by Gasteiger charge is -2.29. The first kappa shape index (κ1) is 22.1. The molecule has 34 heavy (non-hydrogen) atoms. The molecular weight excluding hydrogens is 464 g/mol. The van der Waals surface area contributed by atoms with Gasteiger partial charge in [-0.3, -0.25) is 4.98 Å². The van der Waals surface area contributed by atoms with Gasteiger partial charge in [-0.15, -0.1) is 0 Å². The van der Waals surface area contributed by atoms with Crippen molar-refractivity contribution in [3.63, 3.8) is 0 Å². The zero-order valence-electron chi connectivity index (χ0n) is 17.6. The number of thiocarbonyl (C=S) groups is 1. The van der Waals surface area contributed by atoms with Gasteiger partial charge in [0.05, 0.1) is 23.0 Å². The van der Waals surface area contributed by atoms with Gasteiger partial charge in [-0.25, -0.2) is 4.39 Å². The smallest absolute Gasteiger partial charge is 0.351 e. The summed E-state index contributed by atoms with van der Waals surface area (Å²) >= 11 is 5.60. The molecule has 1 N–H and O–H groups in total. The largest absolute Gasteiger partial charge is 0.416 e. The van der Waals surface area contributed by atoms with Crippen LogP contribution in [0.25, 0.3) is 5.69 Å². The minimum atomic E-state index is -4.48. The van der Waals surface area contributed by atoms with E-state index in [1.807, 2.05) is 12.1 Å². The first-order valence-corrected chi connectivity index (χ1v) is 10.9. The van der Waals surface area contributed by atoms with Crippen LogP contribution in [0.4, 0.5) is 23.2 Å². The molecule has 2 aromatic heterocycles. The number of nitrogens with one attached hydrogen (secondary N) is 1. The van der Waals surface area contributed by atoms with Gasteiger partial charge in [-0.05, 0) is 66.8 Å². The van der Waals surface area contributed by atoms with Gasteiger partial charge >= 0.3 is 6.18 Å². The topological polar surface area (TPSA) is 33.1 Å². The van der Waals surface area contributed by atoms with Gasteiger partial charge in [0, 0.05) is 23.8 Å². The van der Waals surface area contributed by atoms with Crippen molar-refractivity contribution in [1.29, 1.82) is 0 Å². The standard InChI is InChI=1S/C25H18F4N4S/c26-18-9-1-2-11-20(18)33-23(22(31-24(33)34)19-10-3-4-13-30-19)21-12-6-14-32(21)17-8-5-7-16(15-17)25(27,28)29/h1-15,22-23H,(H,31,34)/t22-,23+/m1/s1. The maximum atomic E-state index is 14.9. The summed E-state index contributed by atoms with van der Waals surface area (Å²) in [6, 6.07) is 19.3. The number of para-hydroxylation sites is 1. The van der Waals surface area contributed by atoms with Crippen LogP contribution in [-0.4, -0.2) is 14.7 Å². The van der Waals surface area contributed by atoms with Gasteiger partial charge in [0.25, 0.3) is 0 Å². The van der Waals surface area contributed by atoms with Crippen LogP contribution in [0, 0.1) is 5.82 Å². The molecule has 9 heteroatoms. The predicted octanol–water partition coefficient (Wildman–Crippen LogP) is 6.21. The second-order valence-electron chi connectivity index (χ2n) is 7.80. The van der Waals surface area contributed by atoms with Gasteiger partial charge in [0.15, 0.2) is 5.11 Å². The fourth-order valence-electron chi connectivity index (χ4n) is 4.26. The van der Waals surface area contributed by atoms with E-state index in [1.54, 1.807) is 64.3 Å². The highest BCUT2D eigenvalue weighted by molar-refractivity contribution is 7.80. The van der Waals surface area contributed by atoms with E-state index < -0.39 is 29.6 Å². The van der Waals surface area contributed by atoms with Crippen LogP contribution in [0.5, 0.6) is 0 Å². The fourth-order valence-corrected chi connectivity index (χ4v) is 4.60. The summed E-state index contributed by atoms with van der Waals surface area (Å²) < 4.78 is 56.7. The second kappa shape index (κ2) is 8.57. The van der Waals surface area contributed by atoms with E-state index in [2.05, 4.69) is 10.3 Å². The highest BCUT2D eigenvalue weighted by Gasteiger charge is 2.43. The van der Waals surface area contributed by atoms with E-state index in [1.165, 1.54) is 12.1 Å². The van der Waals surface area contributed by atoms with E-state index >= 15 is 0 Å². The molecule has 0 aliphatic carbocycles. The molecule has 4 aromatic rings. The van der Waals surface area contributed by atoms with Crippen molar-refractivity contribution >= 4 is 23.0 Å². The molecule has 1 aliphatic heterocycles. The first-order valence-electron chi connectivity index (χ1n) is 10.4. The van der Waals surface area contributed by atoms with Gasteiger partial charge in [-0.2, -0.15) is 13.2 Å². The zero-order chi connectivity index (χ0) is 23.9. The molecule has 3 heterocycles. The molecule has 0 bridgehead atoms. The number of nitrogens with zero attached hydrogens (tertiary/aromatic N) is 3. The lowest BCUT2D eigenvalue weighted by molar-refractivity contribution is -0.137. The Kier molecular flexibility index (Phi) is 5.57. The van der Waals surface area contributed by atoms with Crippen LogP contribution in [-0.2, 0) is 6.18 Å². The van der Waals surface area contributed by atoms with Gasteiger partial charge in [0.2, 0.25) is 0 Å². The number of alkyl halides is 3. The summed E-state index contributed by atoms with van der Waals surface area (Å²) in [5, 5.41) is 3.53. The van der Waals surface area contributed by atoms with Crippen LogP contribution < -0.4 is 10.2 Å². The molecule has 0 amide bonds. The maximum absolute atomic E-state index is 14.9. The molecule has 2 aromatic carbocycles. The van der Waals surface area contributed by atoms with Gasteiger partial charge in [0.1, 0.15) is 11.9 Å². The van der Waals surface area contributed by atoms with Crippen molar-refractivity contribution in [2.45, 2.75) is 18.3 Å². The van der Waals surface area contributed by atoms with Crippen molar-refractivity contribution in [2.24, 2.45) is 0 Å². The van der Waals surface area contributed by atoms with Crippen molar-refractivity contribution in [3.8, 4) is 5.69 Å². The third-order valence-corrected chi connectivity index (χ3v) is 6.06. The highest BCUT2D eigenvalue weighted by Crippen LogP contribution is 2.43.